The van der Waals surface area contributed by atoms with E-state index < -0.39 is 22.9 Å². The summed E-state index contributed by atoms with van der Waals surface area (Å²) in [6, 6.07) is 10.3. The SMILES string of the molecule is O=C(NCCN1C(=O)S/C(=C/c2ccc(Cl)cc2)C1=O)c1ccc(F)cc1Cl. The second-order valence-electron chi connectivity index (χ2n) is 5.76. The Morgan fingerprint density at radius 1 is 1.14 bits per heavy atom. The van der Waals surface area contributed by atoms with Crippen LogP contribution < -0.4 is 5.32 Å². The van der Waals surface area contributed by atoms with E-state index in [1.54, 1.807) is 30.3 Å². The molecule has 1 fully saturated rings. The predicted molar refractivity (Wildman–Crippen MR) is 108 cm³/mol. The van der Waals surface area contributed by atoms with Crippen LogP contribution in [0.3, 0.4) is 0 Å². The molecule has 0 unspecified atom stereocenters. The first-order chi connectivity index (χ1) is 13.3. The maximum absolute atomic E-state index is 13.1. The van der Waals surface area contributed by atoms with Gasteiger partial charge >= 0.3 is 0 Å². The molecule has 0 spiro atoms. The molecule has 0 atom stereocenters. The van der Waals surface area contributed by atoms with Gasteiger partial charge in [0, 0.05) is 18.1 Å². The lowest BCUT2D eigenvalue weighted by Gasteiger charge is -2.13. The topological polar surface area (TPSA) is 66.5 Å². The number of nitrogens with one attached hydrogen (secondary N) is 1. The van der Waals surface area contributed by atoms with Gasteiger partial charge in [-0.15, -0.1) is 0 Å². The lowest BCUT2D eigenvalue weighted by atomic mass is 10.2. The molecule has 2 aromatic carbocycles. The average molecular weight is 439 g/mol. The van der Waals surface area contributed by atoms with Crippen molar-refractivity contribution in [1.82, 2.24) is 10.2 Å². The Morgan fingerprint density at radius 3 is 2.54 bits per heavy atom. The van der Waals surface area contributed by atoms with Crippen LogP contribution in [0.4, 0.5) is 9.18 Å². The van der Waals surface area contributed by atoms with Gasteiger partial charge in [-0.1, -0.05) is 35.3 Å². The molecular weight excluding hydrogens is 426 g/mol. The molecule has 0 radical (unpaired) electrons. The highest BCUT2D eigenvalue weighted by Gasteiger charge is 2.34. The highest BCUT2D eigenvalue weighted by atomic mass is 35.5. The lowest BCUT2D eigenvalue weighted by Crippen LogP contribution is -2.37. The van der Waals surface area contributed by atoms with Crippen molar-refractivity contribution >= 4 is 58.1 Å². The number of nitrogens with zero attached hydrogens (tertiary/aromatic N) is 1. The third-order valence-electron chi connectivity index (χ3n) is 3.84. The van der Waals surface area contributed by atoms with E-state index in [0.29, 0.717) is 9.93 Å². The summed E-state index contributed by atoms with van der Waals surface area (Å²) >= 11 is 12.5. The van der Waals surface area contributed by atoms with Crippen LogP contribution in [-0.4, -0.2) is 35.0 Å². The average Bonchev–Trinajstić information content (AvgIpc) is 2.91. The number of hydrogen-bond donors (Lipinski definition) is 1. The molecule has 3 rings (SSSR count). The van der Waals surface area contributed by atoms with E-state index in [1.165, 1.54) is 6.07 Å². The highest BCUT2D eigenvalue weighted by molar-refractivity contribution is 8.18. The third-order valence-corrected chi connectivity index (χ3v) is 5.31. The molecule has 1 N–H and O–H groups in total. The molecule has 9 heteroatoms. The highest BCUT2D eigenvalue weighted by Crippen LogP contribution is 2.32. The van der Waals surface area contributed by atoms with Crippen molar-refractivity contribution in [1.29, 1.82) is 0 Å². The van der Waals surface area contributed by atoms with Crippen LogP contribution in [0.1, 0.15) is 15.9 Å². The van der Waals surface area contributed by atoms with Crippen LogP contribution in [0, 0.1) is 5.82 Å². The summed E-state index contributed by atoms with van der Waals surface area (Å²) in [5.74, 6) is -1.50. The first kappa shape index (κ1) is 20.4. The summed E-state index contributed by atoms with van der Waals surface area (Å²) in [6.45, 7) is 0.0476. The summed E-state index contributed by atoms with van der Waals surface area (Å²) in [4.78, 5) is 38.0. The summed E-state index contributed by atoms with van der Waals surface area (Å²) in [6.07, 6.45) is 1.61. The number of carbonyl (C=O) groups excluding carboxylic acids is 3. The number of benzene rings is 2. The van der Waals surface area contributed by atoms with Gasteiger partial charge in [0.05, 0.1) is 15.5 Å². The van der Waals surface area contributed by atoms with Crippen molar-refractivity contribution in [2.45, 2.75) is 0 Å². The zero-order chi connectivity index (χ0) is 20.3. The van der Waals surface area contributed by atoms with Crippen molar-refractivity contribution in [2.75, 3.05) is 13.1 Å². The molecular formula is C19H13Cl2FN2O3S. The van der Waals surface area contributed by atoms with Crippen molar-refractivity contribution in [2.24, 2.45) is 0 Å². The zero-order valence-electron chi connectivity index (χ0n) is 14.2. The van der Waals surface area contributed by atoms with Gasteiger partial charge in [-0.3, -0.25) is 19.3 Å². The molecule has 28 heavy (non-hydrogen) atoms. The molecule has 5 nitrogen and oxygen atoms in total. The fourth-order valence-electron chi connectivity index (χ4n) is 2.45. The molecule has 0 aliphatic carbocycles. The maximum Gasteiger partial charge on any atom is 0.293 e. The fourth-order valence-corrected chi connectivity index (χ4v) is 3.70. The second kappa shape index (κ2) is 8.77. The predicted octanol–water partition coefficient (Wildman–Crippen LogP) is 4.60. The third kappa shape index (κ3) is 4.73. The van der Waals surface area contributed by atoms with Gasteiger partial charge in [-0.05, 0) is 53.7 Å². The van der Waals surface area contributed by atoms with E-state index in [0.717, 1.165) is 34.4 Å². The number of thioether (sulfide) groups is 1. The lowest BCUT2D eigenvalue weighted by molar-refractivity contribution is -0.122. The van der Waals surface area contributed by atoms with Gasteiger partial charge in [-0.2, -0.15) is 0 Å². The number of carbonyl (C=O) groups is 3. The Balaban J connectivity index is 1.60. The van der Waals surface area contributed by atoms with Crippen molar-refractivity contribution in [3.63, 3.8) is 0 Å². The molecule has 0 bridgehead atoms. The molecule has 1 heterocycles. The molecule has 1 aliphatic rings. The fraction of sp³-hybridized carbons (Fsp3) is 0.105. The quantitative estimate of drug-likeness (QED) is 0.692. The number of amides is 3. The molecule has 1 saturated heterocycles. The van der Waals surface area contributed by atoms with E-state index in [2.05, 4.69) is 5.32 Å². The van der Waals surface area contributed by atoms with E-state index >= 15 is 0 Å². The van der Waals surface area contributed by atoms with E-state index in [-0.39, 0.29) is 23.7 Å². The number of halogens is 3. The molecule has 3 amide bonds. The molecule has 0 aromatic heterocycles. The van der Waals surface area contributed by atoms with Crippen molar-refractivity contribution in [3.05, 3.63) is 74.4 Å². The van der Waals surface area contributed by atoms with Crippen LogP contribution in [0.5, 0.6) is 0 Å². The van der Waals surface area contributed by atoms with Crippen LogP contribution in [0.25, 0.3) is 6.08 Å². The Labute approximate surface area is 174 Å². The monoisotopic (exact) mass is 438 g/mol. The standard InChI is InChI=1S/C19H13Cl2FN2O3S/c20-12-3-1-11(2-4-12)9-16-18(26)24(19(27)28-16)8-7-23-17(25)14-6-5-13(22)10-15(14)21/h1-6,9-10H,7-8H2,(H,23,25)/b16-9+. The summed E-state index contributed by atoms with van der Waals surface area (Å²) in [5.41, 5.74) is 0.856. The van der Waals surface area contributed by atoms with Gasteiger partial charge in [0.1, 0.15) is 5.82 Å². The van der Waals surface area contributed by atoms with Crippen LogP contribution in [-0.2, 0) is 4.79 Å². The van der Waals surface area contributed by atoms with E-state index in [1.807, 2.05) is 0 Å². The van der Waals surface area contributed by atoms with Crippen LogP contribution in [0.15, 0.2) is 47.4 Å². The van der Waals surface area contributed by atoms with E-state index in [9.17, 15) is 18.8 Å². The zero-order valence-corrected chi connectivity index (χ0v) is 16.6. The van der Waals surface area contributed by atoms with Crippen molar-refractivity contribution < 1.29 is 18.8 Å². The van der Waals surface area contributed by atoms with Crippen LogP contribution >= 0.6 is 35.0 Å². The smallest absolute Gasteiger partial charge is 0.293 e. The minimum atomic E-state index is -0.549. The number of imide groups is 1. The van der Waals surface area contributed by atoms with E-state index in [4.69, 9.17) is 23.2 Å². The van der Waals surface area contributed by atoms with Crippen LogP contribution in [0.2, 0.25) is 10.0 Å². The molecule has 144 valence electrons. The number of hydrogen-bond acceptors (Lipinski definition) is 4. The largest absolute Gasteiger partial charge is 0.350 e. The summed E-state index contributed by atoms with van der Waals surface area (Å²) in [5, 5.41) is 2.70. The normalized spacial score (nSPS) is 15.4. The number of rotatable bonds is 5. The van der Waals surface area contributed by atoms with Crippen molar-refractivity contribution in [3.8, 4) is 0 Å². The Morgan fingerprint density at radius 2 is 1.86 bits per heavy atom. The maximum atomic E-state index is 13.1. The molecule has 1 aliphatic heterocycles. The first-order valence-electron chi connectivity index (χ1n) is 8.09. The van der Waals surface area contributed by atoms with Gasteiger partial charge in [0.2, 0.25) is 0 Å². The van der Waals surface area contributed by atoms with Gasteiger partial charge in [0.25, 0.3) is 17.1 Å². The van der Waals surface area contributed by atoms with Gasteiger partial charge in [-0.25, -0.2) is 4.39 Å². The van der Waals surface area contributed by atoms with Gasteiger partial charge < -0.3 is 5.32 Å². The Kier molecular flexibility index (Phi) is 6.39. The van der Waals surface area contributed by atoms with Gasteiger partial charge in [0.15, 0.2) is 0 Å². The summed E-state index contributed by atoms with van der Waals surface area (Å²) < 4.78 is 13.1. The second-order valence-corrected chi connectivity index (χ2v) is 7.60. The first-order valence-corrected chi connectivity index (χ1v) is 9.66. The molecule has 2 aromatic rings. The minimum Gasteiger partial charge on any atom is -0.350 e. The minimum absolute atomic E-state index is 0.00712. The molecule has 0 saturated carbocycles. The Hall–Kier alpha value is -2.35. The summed E-state index contributed by atoms with van der Waals surface area (Å²) in [7, 11) is 0. The Bertz CT molecular complexity index is 980.